The number of imidazole rings is 1. The molecule has 2 fully saturated rings. The number of nitrogens with zero attached hydrogens (tertiary/aromatic N) is 3. The third-order valence-electron chi connectivity index (χ3n) is 5.96. The minimum Gasteiger partial charge on any atom is -0.459 e. The molecule has 0 bridgehead atoms. The number of aromatic nitrogens is 3. The summed E-state index contributed by atoms with van der Waals surface area (Å²) in [5, 5.41) is 29.4. The average Bonchev–Trinajstić information content (AvgIpc) is 3.38. The molecule has 170 valence electrons. The highest BCUT2D eigenvalue weighted by atomic mass is 35.5. The number of halogens is 1. The van der Waals surface area contributed by atoms with Crippen molar-refractivity contribution in [3.63, 3.8) is 0 Å². The zero-order chi connectivity index (χ0) is 22.2. The molecular formula is C22H25ClN4O5. The Kier molecular flexibility index (Phi) is 5.92. The highest BCUT2D eigenvalue weighted by Gasteiger charge is 2.31. The van der Waals surface area contributed by atoms with Gasteiger partial charge in [0.1, 0.15) is 12.2 Å². The van der Waals surface area contributed by atoms with Crippen LogP contribution in [0, 0.1) is 0 Å². The third kappa shape index (κ3) is 4.26. The van der Waals surface area contributed by atoms with Crippen molar-refractivity contribution >= 4 is 28.5 Å². The molecular weight excluding hydrogens is 436 g/mol. The summed E-state index contributed by atoms with van der Waals surface area (Å²) >= 11 is 6.50. The van der Waals surface area contributed by atoms with Crippen molar-refractivity contribution in [1.29, 1.82) is 0 Å². The van der Waals surface area contributed by atoms with Gasteiger partial charge in [0.15, 0.2) is 5.65 Å². The molecule has 2 unspecified atom stereocenters. The normalized spacial score (nSPS) is 26.1. The molecule has 32 heavy (non-hydrogen) atoms. The van der Waals surface area contributed by atoms with Crippen LogP contribution < -0.4 is 9.64 Å². The molecule has 4 heterocycles. The van der Waals surface area contributed by atoms with Gasteiger partial charge in [-0.3, -0.25) is 0 Å². The predicted molar refractivity (Wildman–Crippen MR) is 119 cm³/mol. The molecule has 4 N–H and O–H groups in total. The number of fused-ring (bicyclic) bond motifs is 1. The number of aliphatic hydroxyl groups excluding tert-OH is 3. The molecule has 0 radical (unpaired) electrons. The van der Waals surface area contributed by atoms with E-state index >= 15 is 0 Å². The van der Waals surface area contributed by atoms with E-state index in [1.54, 1.807) is 6.07 Å². The molecule has 4 atom stereocenters. The van der Waals surface area contributed by atoms with E-state index in [1.165, 1.54) is 0 Å². The quantitative estimate of drug-likeness (QED) is 0.454. The third-order valence-corrected chi connectivity index (χ3v) is 6.25. The minimum atomic E-state index is -0.797. The molecule has 2 saturated heterocycles. The van der Waals surface area contributed by atoms with Gasteiger partial charge in [-0.05, 0) is 24.6 Å². The van der Waals surface area contributed by atoms with Gasteiger partial charge in [0.25, 0.3) is 6.01 Å². The van der Waals surface area contributed by atoms with Crippen LogP contribution >= 0.6 is 11.6 Å². The molecule has 5 rings (SSSR count). The fourth-order valence-electron chi connectivity index (χ4n) is 4.21. The Balaban J connectivity index is 1.33. The lowest BCUT2D eigenvalue weighted by molar-refractivity contribution is -0.131. The van der Waals surface area contributed by atoms with Crippen molar-refractivity contribution in [2.24, 2.45) is 0 Å². The van der Waals surface area contributed by atoms with Crippen molar-refractivity contribution in [3.05, 3.63) is 35.4 Å². The van der Waals surface area contributed by atoms with Crippen molar-refractivity contribution in [1.82, 2.24) is 15.0 Å². The molecule has 10 heteroatoms. The monoisotopic (exact) mass is 460 g/mol. The summed E-state index contributed by atoms with van der Waals surface area (Å²) in [6.07, 6.45) is -0.931. The van der Waals surface area contributed by atoms with Gasteiger partial charge >= 0.3 is 0 Å². The summed E-state index contributed by atoms with van der Waals surface area (Å²) in [4.78, 5) is 14.2. The van der Waals surface area contributed by atoms with E-state index < -0.39 is 12.2 Å². The Morgan fingerprint density at radius 2 is 2.03 bits per heavy atom. The van der Waals surface area contributed by atoms with Crippen LogP contribution in [-0.4, -0.2) is 81.0 Å². The second-order valence-electron chi connectivity index (χ2n) is 8.26. The fraction of sp³-hybridized carbons (Fsp3) is 0.455. The summed E-state index contributed by atoms with van der Waals surface area (Å²) in [6, 6.07) is 9.96. The van der Waals surface area contributed by atoms with Crippen molar-refractivity contribution in [2.45, 2.75) is 37.3 Å². The van der Waals surface area contributed by atoms with Crippen molar-refractivity contribution < 1.29 is 24.8 Å². The number of ether oxygens (including phenoxy) is 2. The van der Waals surface area contributed by atoms with E-state index in [4.69, 9.17) is 21.1 Å². The maximum atomic E-state index is 10.0. The van der Waals surface area contributed by atoms with Gasteiger partial charge < -0.3 is 34.7 Å². The van der Waals surface area contributed by atoms with Gasteiger partial charge in [0.2, 0.25) is 0 Å². The van der Waals surface area contributed by atoms with Crippen LogP contribution in [0.15, 0.2) is 30.3 Å². The first-order valence-corrected chi connectivity index (χ1v) is 11.0. The Bertz CT molecular complexity index is 1090. The van der Waals surface area contributed by atoms with Crippen LogP contribution in [0.25, 0.3) is 22.4 Å². The van der Waals surface area contributed by atoms with Crippen LogP contribution in [-0.2, 0) is 4.74 Å². The van der Waals surface area contributed by atoms with Gasteiger partial charge in [0, 0.05) is 30.8 Å². The van der Waals surface area contributed by atoms with E-state index in [-0.39, 0.29) is 31.4 Å². The lowest BCUT2D eigenvalue weighted by Crippen LogP contribution is -2.45. The average molecular weight is 461 g/mol. The summed E-state index contributed by atoms with van der Waals surface area (Å²) in [5.41, 5.74) is 3.65. The Labute approximate surface area is 189 Å². The van der Waals surface area contributed by atoms with Crippen LogP contribution in [0.1, 0.15) is 12.8 Å². The van der Waals surface area contributed by atoms with Gasteiger partial charge in [-0.25, -0.2) is 4.98 Å². The van der Waals surface area contributed by atoms with Crippen molar-refractivity contribution in [3.8, 4) is 17.3 Å². The van der Waals surface area contributed by atoms with E-state index in [2.05, 4.69) is 19.9 Å². The summed E-state index contributed by atoms with van der Waals surface area (Å²) in [6.45, 7) is 1.50. The number of hydrogen-bond acceptors (Lipinski definition) is 8. The molecule has 0 amide bonds. The van der Waals surface area contributed by atoms with Gasteiger partial charge in [0.05, 0.1) is 41.7 Å². The summed E-state index contributed by atoms with van der Waals surface area (Å²) < 4.78 is 11.3. The lowest BCUT2D eigenvalue weighted by atomic mass is 10.0. The number of β-amino-alcohol motifs (C(OH)–C–C–N with tert-alkyl or cyclic N) is 1. The zero-order valence-corrected chi connectivity index (χ0v) is 18.1. The van der Waals surface area contributed by atoms with Crippen LogP contribution in [0.3, 0.4) is 0 Å². The summed E-state index contributed by atoms with van der Waals surface area (Å²) in [7, 11) is 0. The van der Waals surface area contributed by atoms with Crippen molar-refractivity contribution in [2.75, 3.05) is 31.2 Å². The predicted octanol–water partition coefficient (Wildman–Crippen LogP) is 1.74. The molecule has 3 aromatic rings. The first kappa shape index (κ1) is 21.4. The van der Waals surface area contributed by atoms with Crippen LogP contribution in [0.5, 0.6) is 6.01 Å². The number of H-pyrrole nitrogens is 1. The summed E-state index contributed by atoms with van der Waals surface area (Å²) in [5.74, 6) is 0. The number of hydrogen-bond donors (Lipinski definition) is 4. The molecule has 0 spiro atoms. The first-order valence-electron chi connectivity index (χ1n) is 10.7. The molecule has 2 aromatic heterocycles. The highest BCUT2D eigenvalue weighted by Crippen LogP contribution is 2.31. The molecule has 0 aliphatic carbocycles. The van der Waals surface area contributed by atoms with E-state index in [1.807, 2.05) is 24.3 Å². The lowest BCUT2D eigenvalue weighted by Gasteiger charge is -2.31. The Hall–Kier alpha value is -2.43. The maximum Gasteiger partial charge on any atom is 0.296 e. The SMILES string of the molecule is OCC1OC[C@H](Oc2nc3nc(-c4ccc(N5CCC(O)C5)cc4)c(Cl)cc3[nH]2)C[C@@H]1O. The van der Waals surface area contributed by atoms with E-state index in [0.717, 1.165) is 24.2 Å². The van der Waals surface area contributed by atoms with Gasteiger partial charge in [-0.2, -0.15) is 4.98 Å². The molecule has 2 aliphatic heterocycles. The number of aliphatic hydroxyl groups is 3. The van der Waals surface area contributed by atoms with Crippen LogP contribution in [0.4, 0.5) is 5.69 Å². The number of pyridine rings is 1. The van der Waals surface area contributed by atoms with Gasteiger partial charge in [-0.1, -0.05) is 23.7 Å². The smallest absolute Gasteiger partial charge is 0.296 e. The topological polar surface area (TPSA) is 124 Å². The number of rotatable bonds is 5. The zero-order valence-electron chi connectivity index (χ0n) is 17.3. The standard InChI is InChI=1S/C22H25ClN4O5/c23-16-8-17-21(26-22(24-17)32-15-7-18(30)19(10-28)31-11-15)25-20(16)12-1-3-13(4-2-12)27-6-5-14(29)9-27/h1-4,8,14-15,18-19,28-30H,5-7,9-11H2,(H,24,25,26)/t14?,15-,18+,19?/m1/s1. The minimum absolute atomic E-state index is 0.231. The van der Waals surface area contributed by atoms with E-state index in [0.29, 0.717) is 34.8 Å². The number of nitrogens with one attached hydrogen (secondary N) is 1. The number of benzene rings is 1. The number of anilines is 1. The number of aromatic amines is 1. The first-order chi connectivity index (χ1) is 15.5. The molecule has 1 aromatic carbocycles. The maximum absolute atomic E-state index is 10.0. The second-order valence-corrected chi connectivity index (χ2v) is 8.67. The second kappa shape index (κ2) is 8.84. The van der Waals surface area contributed by atoms with Crippen LogP contribution in [0.2, 0.25) is 5.02 Å². The molecule has 0 saturated carbocycles. The molecule has 2 aliphatic rings. The highest BCUT2D eigenvalue weighted by molar-refractivity contribution is 6.33. The Morgan fingerprint density at radius 3 is 2.72 bits per heavy atom. The largest absolute Gasteiger partial charge is 0.459 e. The molecule has 9 nitrogen and oxygen atoms in total. The van der Waals surface area contributed by atoms with E-state index in [9.17, 15) is 15.3 Å². The Morgan fingerprint density at radius 1 is 1.22 bits per heavy atom. The fourth-order valence-corrected chi connectivity index (χ4v) is 4.47. The van der Waals surface area contributed by atoms with Gasteiger partial charge in [-0.15, -0.1) is 0 Å².